The predicted octanol–water partition coefficient (Wildman–Crippen LogP) is 9.68. The summed E-state index contributed by atoms with van der Waals surface area (Å²) in [7, 11) is 0. The van der Waals surface area contributed by atoms with Crippen LogP contribution in [0.3, 0.4) is 0 Å². The maximum atomic E-state index is 15.8. The maximum Gasteiger partial charge on any atom is 0.127 e. The largest absolute Gasteiger partial charge is 0.216 e. The van der Waals surface area contributed by atoms with E-state index < -0.39 is 23.1 Å². The van der Waals surface area contributed by atoms with E-state index in [9.17, 15) is 4.39 Å². The first-order valence-corrected chi connectivity index (χ1v) is 13.4. The van der Waals surface area contributed by atoms with Crippen LogP contribution in [0.2, 0.25) is 0 Å². The van der Waals surface area contributed by atoms with Gasteiger partial charge in [0.1, 0.15) is 17.2 Å². The van der Waals surface area contributed by atoms with E-state index in [-0.39, 0.29) is 5.92 Å². The van der Waals surface area contributed by atoms with Crippen molar-refractivity contribution < 1.29 is 8.78 Å². The first-order chi connectivity index (χ1) is 17.0. The van der Waals surface area contributed by atoms with Crippen LogP contribution in [-0.2, 0) is 5.54 Å². The number of nitrogens with zero attached hydrogens (tertiary/aromatic N) is 1. The third-order valence-electron chi connectivity index (χ3n) is 7.98. The lowest BCUT2D eigenvalue weighted by molar-refractivity contribution is 0.151. The average Bonchev–Trinajstić information content (AvgIpc) is 2.85. The van der Waals surface area contributed by atoms with Crippen molar-refractivity contribution in [2.75, 3.05) is 0 Å². The highest BCUT2D eigenvalue weighted by atomic mass is 32.1. The Hall–Kier alpha value is -2.42. The molecule has 0 unspecified atom stereocenters. The van der Waals surface area contributed by atoms with Crippen LogP contribution in [0.25, 0.3) is 11.1 Å². The molecule has 2 aromatic rings. The van der Waals surface area contributed by atoms with Crippen molar-refractivity contribution >= 4 is 17.4 Å². The Morgan fingerprint density at radius 2 is 1.74 bits per heavy atom. The number of allylic oxidation sites excluding steroid dienone is 2. The molecule has 0 spiro atoms. The lowest BCUT2D eigenvalue weighted by atomic mass is 9.63. The van der Waals surface area contributed by atoms with Crippen molar-refractivity contribution in [1.29, 1.82) is 0 Å². The van der Waals surface area contributed by atoms with Gasteiger partial charge in [-0.1, -0.05) is 94.0 Å². The van der Waals surface area contributed by atoms with Crippen LogP contribution in [0.1, 0.15) is 69.4 Å². The van der Waals surface area contributed by atoms with Gasteiger partial charge in [-0.3, -0.25) is 0 Å². The van der Waals surface area contributed by atoms with E-state index >= 15 is 4.39 Å². The number of hydrogen-bond acceptors (Lipinski definition) is 2. The molecule has 2 atom stereocenters. The number of benzene rings is 2. The normalized spacial score (nSPS) is 26.5. The van der Waals surface area contributed by atoms with Crippen LogP contribution in [0.4, 0.5) is 8.78 Å². The first kappa shape index (κ1) is 25.7. The molecule has 35 heavy (non-hydrogen) atoms. The summed E-state index contributed by atoms with van der Waals surface area (Å²) in [5, 5.41) is 2.53. The average molecular weight is 492 g/mol. The summed E-state index contributed by atoms with van der Waals surface area (Å²) in [4.78, 5) is 4.62. The quantitative estimate of drug-likeness (QED) is 0.203. The molecule has 2 aromatic carbocycles. The zero-order chi connectivity index (χ0) is 24.8. The van der Waals surface area contributed by atoms with Gasteiger partial charge in [-0.15, -0.1) is 0 Å². The van der Waals surface area contributed by atoms with Gasteiger partial charge in [0, 0.05) is 12.0 Å². The van der Waals surface area contributed by atoms with Crippen molar-refractivity contribution in [1.82, 2.24) is 0 Å². The Morgan fingerprint density at radius 3 is 2.43 bits per heavy atom. The molecule has 0 aliphatic heterocycles. The Kier molecular flexibility index (Phi) is 8.46. The minimum atomic E-state index is -1.26. The molecule has 1 fully saturated rings. The SMILES string of the molecule is CCCCCC1CCC([C@@H]2C(F)=CC(F)=C[C@@]2(N=C=S)c2cccc(C)c2-c2ccccc2)CC1. The second kappa shape index (κ2) is 11.5. The summed E-state index contributed by atoms with van der Waals surface area (Å²) in [6, 6.07) is 15.9. The van der Waals surface area contributed by atoms with Gasteiger partial charge in [-0.2, -0.15) is 0 Å². The van der Waals surface area contributed by atoms with E-state index in [1.165, 1.54) is 31.8 Å². The third kappa shape index (κ3) is 5.39. The van der Waals surface area contributed by atoms with Crippen molar-refractivity contribution in [3.05, 3.63) is 83.5 Å². The smallest absolute Gasteiger partial charge is 0.127 e. The summed E-state index contributed by atoms with van der Waals surface area (Å²) >= 11 is 5.10. The number of aliphatic imine (C=N–C) groups is 1. The summed E-state index contributed by atoms with van der Waals surface area (Å²) in [6.45, 7) is 4.26. The van der Waals surface area contributed by atoms with Crippen LogP contribution in [-0.4, -0.2) is 5.16 Å². The molecule has 1 saturated carbocycles. The predicted molar refractivity (Wildman–Crippen MR) is 145 cm³/mol. The number of aryl methyl sites for hydroxylation is 1. The Morgan fingerprint density at radius 1 is 1.00 bits per heavy atom. The van der Waals surface area contributed by atoms with Gasteiger partial charge in [0.25, 0.3) is 0 Å². The van der Waals surface area contributed by atoms with Crippen molar-refractivity contribution in [3.8, 4) is 11.1 Å². The highest BCUT2D eigenvalue weighted by Crippen LogP contribution is 2.54. The molecule has 0 saturated heterocycles. The minimum Gasteiger partial charge on any atom is -0.216 e. The van der Waals surface area contributed by atoms with Gasteiger partial charge >= 0.3 is 0 Å². The molecule has 0 aromatic heterocycles. The lowest BCUT2D eigenvalue weighted by Crippen LogP contribution is -2.40. The van der Waals surface area contributed by atoms with Crippen molar-refractivity contribution in [2.45, 2.75) is 70.8 Å². The Balaban J connectivity index is 1.78. The Bertz CT molecular complexity index is 1120. The molecule has 2 aliphatic rings. The maximum absolute atomic E-state index is 15.8. The Labute approximate surface area is 214 Å². The highest BCUT2D eigenvalue weighted by molar-refractivity contribution is 7.78. The van der Waals surface area contributed by atoms with Gasteiger partial charge in [-0.25, -0.2) is 13.8 Å². The molecule has 0 bridgehead atoms. The summed E-state index contributed by atoms with van der Waals surface area (Å²) < 4.78 is 30.8. The fourth-order valence-corrected chi connectivity index (χ4v) is 6.47. The monoisotopic (exact) mass is 491 g/mol. The number of rotatable bonds is 8. The molecular weight excluding hydrogens is 456 g/mol. The number of isothiocyanates is 1. The first-order valence-electron chi connectivity index (χ1n) is 13.0. The highest BCUT2D eigenvalue weighted by Gasteiger charge is 2.49. The van der Waals surface area contributed by atoms with Crippen LogP contribution in [0, 0.1) is 24.7 Å². The topological polar surface area (TPSA) is 12.4 Å². The number of thiocarbonyl (C=S) groups is 1. The summed E-state index contributed by atoms with van der Waals surface area (Å²) in [5.74, 6) is -0.883. The van der Waals surface area contributed by atoms with Gasteiger partial charge in [0.05, 0.1) is 5.16 Å². The van der Waals surface area contributed by atoms with Gasteiger partial charge in [0.15, 0.2) is 0 Å². The molecule has 4 heteroatoms. The number of unbranched alkanes of at least 4 members (excludes halogenated alkanes) is 2. The van der Waals surface area contributed by atoms with Gasteiger partial charge in [0.2, 0.25) is 0 Å². The van der Waals surface area contributed by atoms with Gasteiger partial charge in [-0.05, 0) is 72.1 Å². The standard InChI is InChI=1S/C31H35F2NS/c1-3-4-6-11-23-15-17-25(18-16-23)30-28(33)19-26(32)20-31(30,34-21-35)27-14-9-10-22(2)29(27)24-12-7-5-8-13-24/h5,7-10,12-14,19-20,23,25,30H,3-4,6,11,15-18H2,1-2H3/t23?,25?,30-,31-/m1/s1. The molecular formula is C31H35F2NS. The molecule has 2 aliphatic carbocycles. The van der Waals surface area contributed by atoms with Crippen LogP contribution < -0.4 is 0 Å². The van der Waals surface area contributed by atoms with E-state index in [0.29, 0.717) is 5.92 Å². The number of halogens is 2. The van der Waals surface area contributed by atoms with E-state index in [0.717, 1.165) is 54.0 Å². The zero-order valence-corrected chi connectivity index (χ0v) is 21.6. The zero-order valence-electron chi connectivity index (χ0n) is 20.8. The molecule has 0 amide bonds. The molecule has 4 rings (SSSR count). The van der Waals surface area contributed by atoms with Gasteiger partial charge < -0.3 is 0 Å². The van der Waals surface area contributed by atoms with Crippen LogP contribution >= 0.6 is 12.2 Å². The fourth-order valence-electron chi connectivity index (χ4n) is 6.32. The third-order valence-corrected chi connectivity index (χ3v) is 8.07. The molecule has 184 valence electrons. The molecule has 1 nitrogen and oxygen atoms in total. The summed E-state index contributed by atoms with van der Waals surface area (Å²) in [5.41, 5.74) is 2.52. The minimum absolute atomic E-state index is 0.0641. The molecule has 0 heterocycles. The number of hydrogen-bond donors (Lipinski definition) is 0. The molecule has 0 radical (unpaired) electrons. The van der Waals surface area contributed by atoms with Crippen molar-refractivity contribution in [3.63, 3.8) is 0 Å². The van der Waals surface area contributed by atoms with E-state index in [2.05, 4.69) is 17.1 Å². The van der Waals surface area contributed by atoms with Crippen molar-refractivity contribution in [2.24, 2.45) is 22.7 Å². The van der Waals surface area contributed by atoms with Crippen LogP contribution in [0.15, 0.2) is 77.3 Å². The lowest BCUT2D eigenvalue weighted by Gasteiger charge is -2.44. The van der Waals surface area contributed by atoms with E-state index in [1.807, 2.05) is 55.5 Å². The molecule has 0 N–H and O–H groups in total. The van der Waals surface area contributed by atoms with E-state index in [1.54, 1.807) is 0 Å². The second-order valence-electron chi connectivity index (χ2n) is 10.2. The van der Waals surface area contributed by atoms with E-state index in [4.69, 9.17) is 12.2 Å². The van der Waals surface area contributed by atoms with Crippen LogP contribution in [0.5, 0.6) is 0 Å². The summed E-state index contributed by atoms with van der Waals surface area (Å²) in [6.07, 6.45) is 11.5. The fraction of sp³-hybridized carbons (Fsp3) is 0.452. The second-order valence-corrected chi connectivity index (χ2v) is 10.4.